The zero-order chi connectivity index (χ0) is 14.6. The van der Waals surface area contributed by atoms with Gasteiger partial charge in [0, 0.05) is 5.69 Å². The molecule has 1 aromatic carbocycles. The lowest BCUT2D eigenvalue weighted by Gasteiger charge is -2.05. The Balaban J connectivity index is 2.01. The zero-order valence-electron chi connectivity index (χ0n) is 12.4. The van der Waals surface area contributed by atoms with Crippen LogP contribution in [0.1, 0.15) is 51.0 Å². The minimum Gasteiger partial charge on any atom is -0.469 e. The maximum atomic E-state index is 11.5. The van der Waals surface area contributed by atoms with E-state index >= 15 is 0 Å². The average molecular weight is 274 g/mol. The molecule has 0 aliphatic rings. The Morgan fingerprint density at radius 1 is 1.10 bits per heavy atom. The summed E-state index contributed by atoms with van der Waals surface area (Å²) >= 11 is 0. The largest absolute Gasteiger partial charge is 0.469 e. The Morgan fingerprint density at radius 2 is 1.75 bits per heavy atom. The van der Waals surface area contributed by atoms with E-state index in [1.54, 1.807) is 7.28 Å². The molecule has 0 saturated heterocycles. The molecule has 4 heteroatoms. The lowest BCUT2D eigenvalue weighted by atomic mass is 9.73. The van der Waals surface area contributed by atoms with Gasteiger partial charge in [0.25, 0.3) is 7.28 Å². The first-order valence-corrected chi connectivity index (χ1v) is 7.56. The van der Waals surface area contributed by atoms with E-state index in [1.807, 2.05) is 24.3 Å². The molecule has 109 valence electrons. The highest BCUT2D eigenvalue weighted by Gasteiger charge is 2.05. The molecule has 0 aliphatic carbocycles. The molecule has 0 saturated carbocycles. The predicted molar refractivity (Wildman–Crippen MR) is 85.0 cm³/mol. The Kier molecular flexibility index (Phi) is 8.60. The van der Waals surface area contributed by atoms with Gasteiger partial charge in [-0.3, -0.25) is 4.79 Å². The minimum atomic E-state index is -0.226. The van der Waals surface area contributed by atoms with Gasteiger partial charge < -0.3 is 10.5 Å². The number of carbonyl (C=O) groups excluding carboxylic acids is 1. The monoisotopic (exact) mass is 274 g/mol. The standard InChI is InChI=1S/C16H25BNO2/c1-2-3-4-5-6-7-12-17-16(19)20-13-14-8-10-15(18)11-9-14/h8-11H,2-7,12-13,18H2,1H3. The van der Waals surface area contributed by atoms with Crippen molar-refractivity contribution in [1.82, 2.24) is 0 Å². The number of unbranched alkanes of at least 4 members (excludes halogenated alkanes) is 5. The van der Waals surface area contributed by atoms with Crippen LogP contribution in [0.4, 0.5) is 10.5 Å². The van der Waals surface area contributed by atoms with Gasteiger partial charge in [0.05, 0.1) is 0 Å². The van der Waals surface area contributed by atoms with Crippen LogP contribution in [0.3, 0.4) is 0 Å². The zero-order valence-corrected chi connectivity index (χ0v) is 12.4. The van der Waals surface area contributed by atoms with Crippen LogP contribution < -0.4 is 5.73 Å². The number of benzene rings is 1. The van der Waals surface area contributed by atoms with E-state index in [4.69, 9.17) is 10.5 Å². The molecule has 0 atom stereocenters. The molecular weight excluding hydrogens is 249 g/mol. The summed E-state index contributed by atoms with van der Waals surface area (Å²) in [6.07, 6.45) is 8.23. The van der Waals surface area contributed by atoms with Gasteiger partial charge in [-0.1, -0.05) is 63.9 Å². The van der Waals surface area contributed by atoms with Crippen molar-refractivity contribution in [2.45, 2.75) is 58.4 Å². The summed E-state index contributed by atoms with van der Waals surface area (Å²) in [4.78, 5) is 11.5. The summed E-state index contributed by atoms with van der Waals surface area (Å²) in [7, 11) is 1.65. The molecule has 2 N–H and O–H groups in total. The molecule has 0 aromatic heterocycles. The topological polar surface area (TPSA) is 52.3 Å². The summed E-state index contributed by atoms with van der Waals surface area (Å²) in [5, 5.41) is 0. The molecule has 1 rings (SSSR count). The van der Waals surface area contributed by atoms with Crippen LogP contribution in [0.5, 0.6) is 0 Å². The summed E-state index contributed by atoms with van der Waals surface area (Å²) in [6, 6.07) is 7.36. The summed E-state index contributed by atoms with van der Waals surface area (Å²) in [5.74, 6) is -0.226. The second kappa shape index (κ2) is 10.4. The van der Waals surface area contributed by atoms with Crippen molar-refractivity contribution >= 4 is 18.8 Å². The fraction of sp³-hybridized carbons (Fsp3) is 0.562. The number of anilines is 1. The number of hydrogen-bond donors (Lipinski definition) is 1. The quantitative estimate of drug-likeness (QED) is 0.391. The van der Waals surface area contributed by atoms with Gasteiger partial charge in [-0.25, -0.2) is 0 Å². The number of ether oxygens (including phenoxy) is 1. The van der Waals surface area contributed by atoms with Crippen LogP contribution in [-0.2, 0) is 11.3 Å². The van der Waals surface area contributed by atoms with Gasteiger partial charge in [0.15, 0.2) is 0 Å². The Labute approximate surface area is 123 Å². The molecule has 0 unspecified atom stereocenters. The van der Waals surface area contributed by atoms with Crippen molar-refractivity contribution in [3.05, 3.63) is 29.8 Å². The van der Waals surface area contributed by atoms with E-state index in [9.17, 15) is 4.79 Å². The second-order valence-corrected chi connectivity index (χ2v) is 5.11. The lowest BCUT2D eigenvalue weighted by molar-refractivity contribution is 0.166. The van der Waals surface area contributed by atoms with Crippen LogP contribution in [0, 0.1) is 0 Å². The summed E-state index contributed by atoms with van der Waals surface area (Å²) in [6.45, 7) is 2.52. The number of nitrogen functional groups attached to an aromatic ring is 1. The molecule has 0 heterocycles. The Bertz CT molecular complexity index is 379. The first kappa shape index (κ1) is 16.6. The summed E-state index contributed by atoms with van der Waals surface area (Å²) in [5.41, 5.74) is 7.27. The number of rotatable bonds is 10. The third-order valence-corrected chi connectivity index (χ3v) is 3.23. The van der Waals surface area contributed by atoms with Gasteiger partial charge in [0.1, 0.15) is 6.61 Å². The van der Waals surface area contributed by atoms with Crippen molar-refractivity contribution in [2.75, 3.05) is 5.73 Å². The molecule has 1 radical (unpaired) electrons. The highest BCUT2D eigenvalue weighted by molar-refractivity contribution is 6.71. The smallest absolute Gasteiger partial charge is 0.261 e. The Morgan fingerprint density at radius 3 is 2.45 bits per heavy atom. The van der Waals surface area contributed by atoms with E-state index in [0.717, 1.165) is 24.0 Å². The molecule has 0 bridgehead atoms. The third kappa shape index (κ3) is 7.87. The fourth-order valence-corrected chi connectivity index (χ4v) is 1.97. The second-order valence-electron chi connectivity index (χ2n) is 5.11. The summed E-state index contributed by atoms with van der Waals surface area (Å²) < 4.78 is 5.18. The van der Waals surface area contributed by atoms with Crippen molar-refractivity contribution in [2.24, 2.45) is 0 Å². The van der Waals surface area contributed by atoms with Gasteiger partial charge in [0.2, 0.25) is 5.87 Å². The van der Waals surface area contributed by atoms with E-state index in [1.165, 1.54) is 32.1 Å². The normalized spacial score (nSPS) is 10.2. The first-order valence-electron chi connectivity index (χ1n) is 7.56. The number of nitrogens with two attached hydrogens (primary N) is 1. The fourth-order valence-electron chi connectivity index (χ4n) is 1.97. The average Bonchev–Trinajstić information content (AvgIpc) is 2.46. The van der Waals surface area contributed by atoms with E-state index in [-0.39, 0.29) is 5.87 Å². The third-order valence-electron chi connectivity index (χ3n) is 3.23. The molecule has 20 heavy (non-hydrogen) atoms. The van der Waals surface area contributed by atoms with E-state index in [2.05, 4.69) is 6.92 Å². The van der Waals surface area contributed by atoms with Gasteiger partial charge in [-0.05, 0) is 17.7 Å². The van der Waals surface area contributed by atoms with Crippen molar-refractivity contribution in [3.63, 3.8) is 0 Å². The van der Waals surface area contributed by atoms with Gasteiger partial charge >= 0.3 is 0 Å². The number of carbonyl (C=O) groups is 1. The van der Waals surface area contributed by atoms with Crippen LogP contribution >= 0.6 is 0 Å². The van der Waals surface area contributed by atoms with Crippen LogP contribution in [-0.4, -0.2) is 13.1 Å². The molecule has 0 aliphatic heterocycles. The number of hydrogen-bond acceptors (Lipinski definition) is 3. The first-order chi connectivity index (χ1) is 9.72. The lowest BCUT2D eigenvalue weighted by Crippen LogP contribution is -2.11. The van der Waals surface area contributed by atoms with Crippen molar-refractivity contribution < 1.29 is 9.53 Å². The molecule has 0 spiro atoms. The SMILES string of the molecule is CCCCCCCC[B]C(=O)OCc1ccc(N)cc1. The maximum absolute atomic E-state index is 11.5. The molecule has 1 aromatic rings. The van der Waals surface area contributed by atoms with E-state index in [0.29, 0.717) is 6.61 Å². The predicted octanol–water partition coefficient (Wildman–Crippen LogP) is 4.39. The molecular formula is C16H25BNO2. The van der Waals surface area contributed by atoms with Crippen molar-refractivity contribution in [1.29, 1.82) is 0 Å². The molecule has 0 fully saturated rings. The van der Waals surface area contributed by atoms with Gasteiger partial charge in [-0.2, -0.15) is 0 Å². The van der Waals surface area contributed by atoms with E-state index < -0.39 is 0 Å². The van der Waals surface area contributed by atoms with Crippen molar-refractivity contribution in [3.8, 4) is 0 Å². The highest BCUT2D eigenvalue weighted by Crippen LogP contribution is 2.09. The Hall–Kier alpha value is -1.45. The van der Waals surface area contributed by atoms with Crippen LogP contribution in [0.25, 0.3) is 0 Å². The highest BCUT2D eigenvalue weighted by atomic mass is 16.5. The molecule has 0 amide bonds. The maximum Gasteiger partial charge on any atom is 0.261 e. The molecule has 3 nitrogen and oxygen atoms in total. The van der Waals surface area contributed by atoms with Gasteiger partial charge in [-0.15, -0.1) is 0 Å². The minimum absolute atomic E-state index is 0.226. The van der Waals surface area contributed by atoms with Crippen LogP contribution in [0.15, 0.2) is 24.3 Å². The van der Waals surface area contributed by atoms with Crippen LogP contribution in [0.2, 0.25) is 6.32 Å².